The molecule has 31 heavy (non-hydrogen) atoms. The summed E-state index contributed by atoms with van der Waals surface area (Å²) in [6.07, 6.45) is 3.61. The summed E-state index contributed by atoms with van der Waals surface area (Å²) in [5.41, 5.74) is 1.30. The van der Waals surface area contributed by atoms with Gasteiger partial charge in [-0.25, -0.2) is 4.98 Å². The van der Waals surface area contributed by atoms with Gasteiger partial charge in [0, 0.05) is 55.2 Å². The Labute approximate surface area is 184 Å². The first-order valence-electron chi connectivity index (χ1n) is 10.2. The number of halogens is 1. The van der Waals surface area contributed by atoms with Crippen LogP contribution in [0.25, 0.3) is 16.5 Å². The number of carbonyl (C=O) groups is 1. The predicted octanol–water partition coefficient (Wildman–Crippen LogP) is 4.35. The van der Waals surface area contributed by atoms with E-state index in [1.165, 1.54) is 0 Å². The lowest BCUT2D eigenvalue weighted by molar-refractivity contribution is 0.0746. The van der Waals surface area contributed by atoms with Gasteiger partial charge in [-0.05, 0) is 36.4 Å². The van der Waals surface area contributed by atoms with E-state index in [0.717, 1.165) is 24.3 Å². The summed E-state index contributed by atoms with van der Waals surface area (Å²) in [7, 11) is 0. The number of hydrogen-bond acceptors (Lipinski definition) is 4. The van der Waals surface area contributed by atoms with Crippen molar-refractivity contribution in [2.75, 3.05) is 31.1 Å². The number of carbonyl (C=O) groups excluding carboxylic acids is 1. The van der Waals surface area contributed by atoms with E-state index in [1.54, 1.807) is 22.9 Å². The molecule has 7 heteroatoms. The van der Waals surface area contributed by atoms with Gasteiger partial charge in [0.1, 0.15) is 5.82 Å². The normalized spacial score (nSPS) is 14.2. The van der Waals surface area contributed by atoms with E-state index >= 15 is 0 Å². The second kappa shape index (κ2) is 7.96. The van der Waals surface area contributed by atoms with Crippen LogP contribution in [0.15, 0.2) is 73.1 Å². The molecule has 0 unspecified atom stereocenters. The van der Waals surface area contributed by atoms with Crippen molar-refractivity contribution < 1.29 is 9.90 Å². The van der Waals surface area contributed by atoms with Crippen molar-refractivity contribution in [2.24, 2.45) is 0 Å². The van der Waals surface area contributed by atoms with Crippen molar-refractivity contribution in [3.05, 3.63) is 83.6 Å². The molecule has 1 aliphatic rings. The zero-order chi connectivity index (χ0) is 21.4. The summed E-state index contributed by atoms with van der Waals surface area (Å²) in [5, 5.41) is 12.6. The second-order valence-electron chi connectivity index (χ2n) is 7.54. The first-order valence-corrected chi connectivity index (χ1v) is 10.5. The van der Waals surface area contributed by atoms with Gasteiger partial charge in [-0.3, -0.25) is 9.36 Å². The summed E-state index contributed by atoms with van der Waals surface area (Å²) in [6.45, 7) is 2.75. The van der Waals surface area contributed by atoms with Crippen LogP contribution in [-0.2, 0) is 0 Å². The third-order valence-corrected chi connectivity index (χ3v) is 5.99. The molecule has 1 N–H and O–H groups in total. The summed E-state index contributed by atoms with van der Waals surface area (Å²) < 4.78 is 1.66. The highest BCUT2D eigenvalue weighted by molar-refractivity contribution is 6.36. The van der Waals surface area contributed by atoms with E-state index in [-0.39, 0.29) is 11.8 Å². The maximum absolute atomic E-state index is 13.1. The molecule has 5 rings (SSSR count). The van der Waals surface area contributed by atoms with Crippen LogP contribution in [0.1, 0.15) is 10.4 Å². The molecule has 1 aliphatic heterocycles. The number of hydrogen-bond donors (Lipinski definition) is 1. The third kappa shape index (κ3) is 3.59. The minimum Gasteiger partial charge on any atom is -0.494 e. The van der Waals surface area contributed by atoms with Crippen LogP contribution in [-0.4, -0.2) is 51.6 Å². The van der Waals surface area contributed by atoms with E-state index in [1.807, 2.05) is 59.6 Å². The minimum absolute atomic E-state index is 0.0169. The van der Waals surface area contributed by atoms with Crippen LogP contribution in [0.2, 0.25) is 5.02 Å². The Bertz CT molecular complexity index is 1250. The highest BCUT2D eigenvalue weighted by atomic mass is 35.5. The smallest absolute Gasteiger partial charge is 0.254 e. The fourth-order valence-corrected chi connectivity index (χ4v) is 4.32. The predicted molar refractivity (Wildman–Crippen MR) is 122 cm³/mol. The summed E-state index contributed by atoms with van der Waals surface area (Å²) in [6, 6.07) is 18.7. The Balaban J connectivity index is 1.37. The first-order chi connectivity index (χ1) is 15.1. The van der Waals surface area contributed by atoms with Crippen molar-refractivity contribution in [1.29, 1.82) is 0 Å². The summed E-state index contributed by atoms with van der Waals surface area (Å²) in [4.78, 5) is 21.6. The Morgan fingerprint density at radius 3 is 2.52 bits per heavy atom. The first kappa shape index (κ1) is 19.5. The SMILES string of the molecule is O=C(c1cccc(-n2cc3cccc(Cl)c3c2O)c1)N1CCN(c2ccccn2)CC1. The van der Waals surface area contributed by atoms with Crippen molar-refractivity contribution in [3.8, 4) is 11.6 Å². The van der Waals surface area contributed by atoms with Gasteiger partial charge >= 0.3 is 0 Å². The molecule has 1 fully saturated rings. The van der Waals surface area contributed by atoms with Crippen LogP contribution in [0.5, 0.6) is 5.88 Å². The van der Waals surface area contributed by atoms with Crippen LogP contribution in [0, 0.1) is 0 Å². The molecule has 1 saturated heterocycles. The van der Waals surface area contributed by atoms with E-state index in [2.05, 4.69) is 9.88 Å². The van der Waals surface area contributed by atoms with E-state index < -0.39 is 0 Å². The van der Waals surface area contributed by atoms with Gasteiger partial charge in [0.15, 0.2) is 0 Å². The quantitative estimate of drug-likeness (QED) is 0.523. The number of nitrogens with zero attached hydrogens (tertiary/aromatic N) is 4. The number of benzene rings is 2. The molecule has 2 aromatic heterocycles. The number of aromatic nitrogens is 2. The van der Waals surface area contributed by atoms with E-state index in [4.69, 9.17) is 11.6 Å². The number of aromatic hydroxyl groups is 1. The molecule has 0 spiro atoms. The van der Waals surface area contributed by atoms with Crippen LogP contribution in [0.4, 0.5) is 5.82 Å². The Morgan fingerprint density at radius 2 is 1.77 bits per heavy atom. The average molecular weight is 433 g/mol. The van der Waals surface area contributed by atoms with Gasteiger partial charge in [-0.15, -0.1) is 0 Å². The molecule has 156 valence electrons. The Kier molecular flexibility index (Phi) is 5.00. The number of rotatable bonds is 3. The zero-order valence-electron chi connectivity index (χ0n) is 16.8. The minimum atomic E-state index is -0.0169. The monoisotopic (exact) mass is 432 g/mol. The van der Waals surface area contributed by atoms with E-state index in [9.17, 15) is 9.90 Å². The molecular weight excluding hydrogens is 412 g/mol. The number of pyridine rings is 1. The zero-order valence-corrected chi connectivity index (χ0v) is 17.5. The van der Waals surface area contributed by atoms with Gasteiger partial charge in [-0.2, -0.15) is 0 Å². The van der Waals surface area contributed by atoms with Crippen molar-refractivity contribution in [3.63, 3.8) is 0 Å². The maximum Gasteiger partial charge on any atom is 0.254 e. The molecule has 0 radical (unpaired) electrons. The molecule has 1 amide bonds. The van der Waals surface area contributed by atoms with Gasteiger partial charge < -0.3 is 14.9 Å². The molecule has 0 atom stereocenters. The van der Waals surface area contributed by atoms with Gasteiger partial charge in [0.05, 0.1) is 10.4 Å². The molecule has 6 nitrogen and oxygen atoms in total. The number of fused-ring (bicyclic) bond motifs is 1. The van der Waals surface area contributed by atoms with Gasteiger partial charge in [0.2, 0.25) is 5.88 Å². The lowest BCUT2D eigenvalue weighted by Crippen LogP contribution is -2.49. The lowest BCUT2D eigenvalue weighted by atomic mass is 10.1. The molecular formula is C24H21ClN4O2. The third-order valence-electron chi connectivity index (χ3n) is 5.68. The fraction of sp³-hybridized carbons (Fsp3) is 0.167. The Hall–Kier alpha value is -3.51. The lowest BCUT2D eigenvalue weighted by Gasteiger charge is -2.35. The molecule has 0 aliphatic carbocycles. The molecule has 2 aromatic carbocycles. The summed E-state index contributed by atoms with van der Waals surface area (Å²) in [5.74, 6) is 0.983. The summed E-state index contributed by atoms with van der Waals surface area (Å²) >= 11 is 6.26. The highest BCUT2D eigenvalue weighted by Crippen LogP contribution is 2.35. The van der Waals surface area contributed by atoms with Gasteiger partial charge in [0.25, 0.3) is 5.91 Å². The topological polar surface area (TPSA) is 61.6 Å². The van der Waals surface area contributed by atoms with Crippen molar-refractivity contribution in [2.45, 2.75) is 0 Å². The average Bonchev–Trinajstić information content (AvgIpc) is 3.17. The Morgan fingerprint density at radius 1 is 0.968 bits per heavy atom. The molecule has 4 aromatic rings. The largest absolute Gasteiger partial charge is 0.494 e. The van der Waals surface area contributed by atoms with Gasteiger partial charge in [-0.1, -0.05) is 35.9 Å². The maximum atomic E-state index is 13.1. The van der Waals surface area contributed by atoms with Crippen LogP contribution < -0.4 is 4.90 Å². The standard InChI is InChI=1S/C24H21ClN4O2/c25-20-8-4-6-18-16-29(24(31)22(18)20)19-7-3-5-17(15-19)23(30)28-13-11-27(12-14-28)21-9-1-2-10-26-21/h1-10,15-16,31H,11-14H2. The fourth-order valence-electron chi connectivity index (χ4n) is 4.05. The van der Waals surface area contributed by atoms with E-state index in [0.29, 0.717) is 34.7 Å². The second-order valence-corrected chi connectivity index (χ2v) is 7.95. The van der Waals surface area contributed by atoms with Crippen LogP contribution >= 0.6 is 11.6 Å². The number of amides is 1. The number of piperazine rings is 1. The molecule has 3 heterocycles. The molecule has 0 saturated carbocycles. The highest BCUT2D eigenvalue weighted by Gasteiger charge is 2.23. The van der Waals surface area contributed by atoms with Crippen LogP contribution in [0.3, 0.4) is 0 Å². The number of anilines is 1. The van der Waals surface area contributed by atoms with Crippen molar-refractivity contribution in [1.82, 2.24) is 14.5 Å². The van der Waals surface area contributed by atoms with Crippen molar-refractivity contribution >= 4 is 34.1 Å². The molecule has 0 bridgehead atoms.